The number of fused-ring (bicyclic) bond motifs is 1. The highest BCUT2D eigenvalue weighted by molar-refractivity contribution is 5.99. The molecule has 0 saturated carbocycles. The van der Waals surface area contributed by atoms with E-state index in [4.69, 9.17) is 11.5 Å². The lowest BCUT2D eigenvalue weighted by Crippen LogP contribution is -2.61. The Labute approximate surface area is 353 Å². The van der Waals surface area contributed by atoms with Gasteiger partial charge in [0.05, 0.1) is 25.5 Å². The van der Waals surface area contributed by atoms with Crippen LogP contribution in [0.5, 0.6) is 0 Å². The zero-order valence-corrected chi connectivity index (χ0v) is 34.8. The topological polar surface area (TPSA) is 354 Å². The Hall–Kier alpha value is -6.09. The number of nitrogens with two attached hydrogens (primary N) is 2. The van der Waals surface area contributed by atoms with E-state index < -0.39 is 115 Å². The Kier molecular flexibility index (Phi) is 21.9. The minimum Gasteiger partial charge on any atom is -0.481 e. The van der Waals surface area contributed by atoms with Crippen LogP contribution in [0.25, 0.3) is 10.9 Å². The predicted molar refractivity (Wildman–Crippen MR) is 221 cm³/mol. The van der Waals surface area contributed by atoms with E-state index in [0.717, 1.165) is 49.9 Å². The lowest BCUT2D eigenvalue weighted by molar-refractivity contribution is -0.142. The molecule has 2 aromatic rings. The number of primary amides is 1. The fourth-order valence-electron chi connectivity index (χ4n) is 6.33. The van der Waals surface area contributed by atoms with Crippen LogP contribution in [-0.2, 0) is 49.6 Å². The average molecular weight is 860 g/mol. The summed E-state index contributed by atoms with van der Waals surface area (Å²) in [7, 11) is 0. The van der Waals surface area contributed by atoms with Crippen molar-refractivity contribution >= 4 is 64.2 Å². The molecule has 7 amide bonds. The number of hydrogen-bond acceptors (Lipinski definition) is 11. The summed E-state index contributed by atoms with van der Waals surface area (Å²) in [4.78, 5) is 118. The average Bonchev–Trinajstić information content (AvgIpc) is 3.61. The molecule has 21 heteroatoms. The number of aromatic nitrogens is 1. The number of aliphatic hydroxyl groups is 1. The first-order chi connectivity index (χ1) is 28.9. The second-order valence-electron chi connectivity index (χ2n) is 15.0. The van der Waals surface area contributed by atoms with Crippen LogP contribution in [0.15, 0.2) is 30.5 Å². The Morgan fingerprint density at radius 1 is 0.705 bits per heavy atom. The molecule has 2 rings (SSSR count). The van der Waals surface area contributed by atoms with E-state index in [2.05, 4.69) is 43.8 Å². The second kappa shape index (κ2) is 26.2. The van der Waals surface area contributed by atoms with Crippen LogP contribution in [0.1, 0.15) is 90.5 Å². The van der Waals surface area contributed by atoms with Gasteiger partial charge in [-0.05, 0) is 44.4 Å². The molecule has 0 fully saturated rings. The molecule has 14 N–H and O–H groups in total. The molecule has 1 aromatic heterocycles. The van der Waals surface area contributed by atoms with Crippen LogP contribution < -0.4 is 43.4 Å². The number of aromatic amines is 1. The number of nitrogens with one attached hydrogen (secondary N) is 7. The van der Waals surface area contributed by atoms with E-state index in [-0.39, 0.29) is 25.8 Å². The van der Waals surface area contributed by atoms with Crippen LogP contribution in [0, 0.1) is 5.92 Å². The molecule has 21 nitrogen and oxygen atoms in total. The largest absolute Gasteiger partial charge is 0.481 e. The monoisotopic (exact) mass is 859 g/mol. The molecular formula is C40H61N9O12. The zero-order valence-electron chi connectivity index (χ0n) is 34.8. The lowest BCUT2D eigenvalue weighted by atomic mass is 9.99. The number of rotatable bonds is 29. The first-order valence-corrected chi connectivity index (χ1v) is 20.3. The van der Waals surface area contributed by atoms with E-state index in [1.807, 2.05) is 18.2 Å². The van der Waals surface area contributed by atoms with Crippen molar-refractivity contribution in [1.82, 2.24) is 36.9 Å². The Bertz CT molecular complexity index is 1830. The standard InChI is InChI=1S/C40H61N9O12/c1-4-5-6-7-8-12-22(2)35(55)46-28(17-24-20-43-26-14-10-9-13-25(24)26)36(56)47-29(18-31(42)51)37(57)48-30(19-33(53)54)38(58)49-34(23(3)50)39(59)44-21-32(52)45-27(40(60)61)15-11-16-41/h9-10,13-14,20,22-23,27-30,34,43,50H,4-8,11-12,15-19,21,41H2,1-3H3,(H2,42,51)(H,44,59)(H,45,52)(H,46,55)(H,47,56)(H,48,57)(H,49,58)(H,53,54)(H,60,61). The summed E-state index contributed by atoms with van der Waals surface area (Å²) in [5.74, 6) is -10.3. The number of carboxylic acids is 2. The zero-order chi connectivity index (χ0) is 45.6. The number of unbranched alkanes of at least 4 members (excludes halogenated alkanes) is 4. The second-order valence-corrected chi connectivity index (χ2v) is 15.0. The molecule has 7 unspecified atom stereocenters. The molecule has 0 spiro atoms. The van der Waals surface area contributed by atoms with Gasteiger partial charge in [-0.1, -0.05) is 64.2 Å². The fraction of sp³-hybridized carbons (Fsp3) is 0.575. The fourth-order valence-corrected chi connectivity index (χ4v) is 6.33. The van der Waals surface area contributed by atoms with Crippen LogP contribution in [-0.4, -0.2) is 123 Å². The maximum Gasteiger partial charge on any atom is 0.326 e. The summed E-state index contributed by atoms with van der Waals surface area (Å²) in [6, 6.07) is -0.860. The molecule has 0 saturated heterocycles. The van der Waals surface area contributed by atoms with Crippen molar-refractivity contribution < 1.29 is 58.5 Å². The number of carboxylic acid groups (broad SMARTS) is 2. The van der Waals surface area contributed by atoms with Gasteiger partial charge >= 0.3 is 11.9 Å². The molecule has 0 bridgehead atoms. The van der Waals surface area contributed by atoms with Crippen molar-refractivity contribution in [3.8, 4) is 0 Å². The van der Waals surface area contributed by atoms with E-state index in [1.165, 1.54) is 0 Å². The summed E-state index contributed by atoms with van der Waals surface area (Å²) in [5.41, 5.74) is 12.2. The van der Waals surface area contributed by atoms with Crippen molar-refractivity contribution in [3.05, 3.63) is 36.0 Å². The Morgan fingerprint density at radius 2 is 1.31 bits per heavy atom. The summed E-state index contributed by atoms with van der Waals surface area (Å²) in [6.07, 6.45) is 3.87. The van der Waals surface area contributed by atoms with Gasteiger partial charge in [-0.3, -0.25) is 38.4 Å². The van der Waals surface area contributed by atoms with E-state index in [9.17, 15) is 58.5 Å². The minimum absolute atomic E-state index is 0.0132. The van der Waals surface area contributed by atoms with Gasteiger partial charge in [0.1, 0.15) is 30.2 Å². The highest BCUT2D eigenvalue weighted by Crippen LogP contribution is 2.20. The number of para-hydroxylation sites is 1. The van der Waals surface area contributed by atoms with Crippen molar-refractivity contribution in [1.29, 1.82) is 0 Å². The molecule has 0 radical (unpaired) electrons. The van der Waals surface area contributed by atoms with Crippen LogP contribution in [0.3, 0.4) is 0 Å². The SMILES string of the molecule is CCCCCCCC(C)C(=O)NC(Cc1c[nH]c2ccccc12)C(=O)NC(CC(N)=O)C(=O)NC(CC(=O)O)C(=O)NC(C(=O)NCC(=O)NC(CCCN)C(=O)O)C(C)O. The Balaban J connectivity index is 2.27. The number of H-pyrrole nitrogens is 1. The van der Waals surface area contributed by atoms with Crippen molar-refractivity contribution in [2.45, 2.75) is 128 Å². The number of carbonyl (C=O) groups excluding carboxylic acids is 7. The molecule has 0 aliphatic heterocycles. The van der Waals surface area contributed by atoms with Gasteiger partial charge in [0.15, 0.2) is 0 Å². The van der Waals surface area contributed by atoms with Crippen LogP contribution >= 0.6 is 0 Å². The van der Waals surface area contributed by atoms with Gasteiger partial charge < -0.3 is 63.7 Å². The molecule has 0 aliphatic carbocycles. The molecule has 1 heterocycles. The van der Waals surface area contributed by atoms with E-state index >= 15 is 0 Å². The maximum atomic E-state index is 14.0. The summed E-state index contributed by atoms with van der Waals surface area (Å²) in [6.45, 7) is 4.32. The lowest BCUT2D eigenvalue weighted by Gasteiger charge is -2.26. The highest BCUT2D eigenvalue weighted by atomic mass is 16.4. The summed E-state index contributed by atoms with van der Waals surface area (Å²) < 4.78 is 0. The highest BCUT2D eigenvalue weighted by Gasteiger charge is 2.35. The predicted octanol–water partition coefficient (Wildman–Crippen LogP) is -1.20. The van der Waals surface area contributed by atoms with Gasteiger partial charge in [-0.25, -0.2) is 4.79 Å². The normalized spacial score (nSPS) is 14.5. The summed E-state index contributed by atoms with van der Waals surface area (Å²) in [5, 5.41) is 43.8. The van der Waals surface area contributed by atoms with E-state index in [0.29, 0.717) is 12.0 Å². The quantitative estimate of drug-likeness (QED) is 0.0429. The molecule has 61 heavy (non-hydrogen) atoms. The molecular weight excluding hydrogens is 798 g/mol. The first kappa shape index (κ1) is 51.1. The maximum absolute atomic E-state index is 14.0. The Morgan fingerprint density at radius 3 is 1.92 bits per heavy atom. The van der Waals surface area contributed by atoms with Gasteiger partial charge in [0.25, 0.3) is 0 Å². The number of aliphatic carboxylic acids is 2. The summed E-state index contributed by atoms with van der Waals surface area (Å²) >= 11 is 0. The third-order valence-corrected chi connectivity index (χ3v) is 9.79. The van der Waals surface area contributed by atoms with Crippen molar-refractivity contribution in [2.24, 2.45) is 17.4 Å². The molecule has 1 aromatic carbocycles. The van der Waals surface area contributed by atoms with E-state index in [1.54, 1.807) is 19.2 Å². The van der Waals surface area contributed by atoms with Gasteiger partial charge in [-0.15, -0.1) is 0 Å². The number of aliphatic hydroxyl groups excluding tert-OH is 1. The van der Waals surface area contributed by atoms with Gasteiger partial charge in [-0.2, -0.15) is 0 Å². The number of benzene rings is 1. The number of amides is 7. The van der Waals surface area contributed by atoms with Crippen molar-refractivity contribution in [3.63, 3.8) is 0 Å². The minimum atomic E-state index is -1.95. The third kappa shape index (κ3) is 18.0. The molecule has 7 atom stereocenters. The smallest absolute Gasteiger partial charge is 0.326 e. The van der Waals surface area contributed by atoms with Crippen molar-refractivity contribution in [2.75, 3.05) is 13.1 Å². The third-order valence-electron chi connectivity index (χ3n) is 9.79. The van der Waals surface area contributed by atoms with Gasteiger partial charge in [0.2, 0.25) is 41.4 Å². The number of carbonyl (C=O) groups is 9. The number of hydrogen-bond donors (Lipinski definition) is 12. The van der Waals surface area contributed by atoms with Gasteiger partial charge in [0, 0.05) is 29.4 Å². The van der Waals surface area contributed by atoms with Crippen LogP contribution in [0.2, 0.25) is 0 Å². The van der Waals surface area contributed by atoms with Crippen LogP contribution in [0.4, 0.5) is 0 Å². The first-order valence-electron chi connectivity index (χ1n) is 20.3. The molecule has 0 aliphatic rings. The molecule has 338 valence electrons.